The molecule has 1 saturated heterocycles. The lowest BCUT2D eigenvalue weighted by Gasteiger charge is -2.33. The van der Waals surface area contributed by atoms with Crippen LogP contribution < -0.4 is 5.32 Å². The number of piperidine rings is 1. The van der Waals surface area contributed by atoms with Gasteiger partial charge in [-0.15, -0.1) is 0 Å². The Morgan fingerprint density at radius 1 is 1.47 bits per heavy atom. The SMILES string of the molecule is C[C@@H]1CCCCN1C(=O)Nc1cccc(Cl)c1. The number of benzene rings is 1. The van der Waals surface area contributed by atoms with Crippen LogP contribution in [0.25, 0.3) is 0 Å². The highest BCUT2D eigenvalue weighted by molar-refractivity contribution is 6.30. The van der Waals surface area contributed by atoms with E-state index in [-0.39, 0.29) is 6.03 Å². The monoisotopic (exact) mass is 252 g/mol. The number of urea groups is 1. The van der Waals surface area contributed by atoms with Gasteiger partial charge in [0.15, 0.2) is 0 Å². The fourth-order valence-electron chi connectivity index (χ4n) is 2.16. The molecule has 0 aliphatic carbocycles. The number of likely N-dealkylation sites (tertiary alicyclic amines) is 1. The Labute approximate surface area is 107 Å². The lowest BCUT2D eigenvalue weighted by atomic mass is 10.0. The zero-order valence-corrected chi connectivity index (χ0v) is 10.7. The summed E-state index contributed by atoms with van der Waals surface area (Å²) in [6.45, 7) is 2.93. The van der Waals surface area contributed by atoms with Crippen molar-refractivity contribution < 1.29 is 4.79 Å². The molecule has 2 amide bonds. The van der Waals surface area contributed by atoms with Gasteiger partial charge in [0.2, 0.25) is 0 Å². The molecule has 4 heteroatoms. The van der Waals surface area contributed by atoms with Crippen molar-refractivity contribution in [1.82, 2.24) is 4.90 Å². The summed E-state index contributed by atoms with van der Waals surface area (Å²) in [4.78, 5) is 14.0. The molecule has 1 aliphatic rings. The normalized spacial score (nSPS) is 20.1. The van der Waals surface area contributed by atoms with E-state index in [4.69, 9.17) is 11.6 Å². The van der Waals surface area contributed by atoms with E-state index in [0.29, 0.717) is 11.1 Å². The highest BCUT2D eigenvalue weighted by atomic mass is 35.5. The summed E-state index contributed by atoms with van der Waals surface area (Å²) < 4.78 is 0. The summed E-state index contributed by atoms with van der Waals surface area (Å²) >= 11 is 5.88. The number of nitrogens with zero attached hydrogens (tertiary/aromatic N) is 1. The van der Waals surface area contributed by atoms with Gasteiger partial charge < -0.3 is 10.2 Å². The third-order valence-electron chi connectivity index (χ3n) is 3.14. The van der Waals surface area contributed by atoms with Crippen molar-refractivity contribution >= 4 is 23.3 Å². The lowest BCUT2D eigenvalue weighted by molar-refractivity contribution is 0.170. The molecule has 92 valence electrons. The minimum absolute atomic E-state index is 0.0283. The highest BCUT2D eigenvalue weighted by Gasteiger charge is 2.22. The predicted molar refractivity (Wildman–Crippen MR) is 70.5 cm³/mol. The molecule has 0 aromatic heterocycles. The number of carbonyl (C=O) groups excluding carboxylic acids is 1. The smallest absolute Gasteiger partial charge is 0.322 e. The molecule has 1 aromatic carbocycles. The van der Waals surface area contributed by atoms with E-state index in [9.17, 15) is 4.79 Å². The minimum atomic E-state index is -0.0283. The van der Waals surface area contributed by atoms with Crippen LogP contribution in [0, 0.1) is 0 Å². The summed E-state index contributed by atoms with van der Waals surface area (Å²) in [5.74, 6) is 0. The molecule has 1 fully saturated rings. The van der Waals surface area contributed by atoms with E-state index >= 15 is 0 Å². The van der Waals surface area contributed by atoms with Crippen LogP contribution in [0.1, 0.15) is 26.2 Å². The Bertz CT molecular complexity index is 408. The second-order valence-corrected chi connectivity index (χ2v) is 4.92. The van der Waals surface area contributed by atoms with Crippen LogP contribution in [0.5, 0.6) is 0 Å². The number of nitrogens with one attached hydrogen (secondary N) is 1. The Morgan fingerprint density at radius 3 is 3.00 bits per heavy atom. The van der Waals surface area contributed by atoms with E-state index in [1.54, 1.807) is 12.1 Å². The van der Waals surface area contributed by atoms with Crippen molar-refractivity contribution in [3.05, 3.63) is 29.3 Å². The van der Waals surface area contributed by atoms with Gasteiger partial charge in [-0.3, -0.25) is 0 Å². The number of hydrogen-bond acceptors (Lipinski definition) is 1. The zero-order chi connectivity index (χ0) is 12.3. The van der Waals surface area contributed by atoms with Gasteiger partial charge in [0.05, 0.1) is 0 Å². The maximum absolute atomic E-state index is 12.1. The van der Waals surface area contributed by atoms with Crippen molar-refractivity contribution in [2.24, 2.45) is 0 Å². The number of anilines is 1. The molecule has 0 bridgehead atoms. The highest BCUT2D eigenvalue weighted by Crippen LogP contribution is 2.19. The first-order valence-corrected chi connectivity index (χ1v) is 6.38. The van der Waals surface area contributed by atoms with Gasteiger partial charge in [-0.1, -0.05) is 17.7 Å². The summed E-state index contributed by atoms with van der Waals surface area (Å²) in [6, 6.07) is 7.52. The summed E-state index contributed by atoms with van der Waals surface area (Å²) in [5.41, 5.74) is 0.750. The molecule has 1 aromatic rings. The van der Waals surface area contributed by atoms with Gasteiger partial charge in [-0.2, -0.15) is 0 Å². The van der Waals surface area contributed by atoms with Crippen molar-refractivity contribution in [2.45, 2.75) is 32.2 Å². The number of rotatable bonds is 1. The molecule has 0 unspecified atom stereocenters. The van der Waals surface area contributed by atoms with Gasteiger partial charge in [-0.25, -0.2) is 4.79 Å². The van der Waals surface area contributed by atoms with Crippen LogP contribution in [0.4, 0.5) is 10.5 Å². The van der Waals surface area contributed by atoms with Crippen LogP contribution in [0.15, 0.2) is 24.3 Å². The molecule has 1 heterocycles. The summed E-state index contributed by atoms with van der Waals surface area (Å²) in [7, 11) is 0. The first kappa shape index (κ1) is 12.2. The molecule has 1 atom stereocenters. The van der Waals surface area contributed by atoms with E-state index < -0.39 is 0 Å². The largest absolute Gasteiger partial charge is 0.322 e. The molecule has 0 spiro atoms. The molecule has 1 N–H and O–H groups in total. The molecule has 0 saturated carbocycles. The van der Waals surface area contributed by atoms with Gasteiger partial charge in [0, 0.05) is 23.3 Å². The quantitative estimate of drug-likeness (QED) is 0.811. The maximum atomic E-state index is 12.1. The standard InChI is InChI=1S/C13H17ClN2O/c1-10-5-2-3-8-16(10)13(17)15-12-7-4-6-11(14)9-12/h4,6-7,9-10H,2-3,5,8H2,1H3,(H,15,17)/t10-/m1/s1. The molecule has 3 nitrogen and oxygen atoms in total. The first-order valence-electron chi connectivity index (χ1n) is 6.00. The predicted octanol–water partition coefficient (Wildman–Crippen LogP) is 3.75. The summed E-state index contributed by atoms with van der Waals surface area (Å²) in [6.07, 6.45) is 3.39. The molecular weight excluding hydrogens is 236 g/mol. The fraction of sp³-hybridized carbons (Fsp3) is 0.462. The van der Waals surface area contributed by atoms with Gasteiger partial charge in [0.25, 0.3) is 0 Å². The topological polar surface area (TPSA) is 32.3 Å². The second-order valence-electron chi connectivity index (χ2n) is 4.48. The number of hydrogen-bond donors (Lipinski definition) is 1. The van der Waals surface area contributed by atoms with Crippen LogP contribution in [-0.4, -0.2) is 23.5 Å². The van der Waals surface area contributed by atoms with E-state index in [2.05, 4.69) is 12.2 Å². The summed E-state index contributed by atoms with van der Waals surface area (Å²) in [5, 5.41) is 3.52. The first-order chi connectivity index (χ1) is 8.16. The van der Waals surface area contributed by atoms with E-state index in [1.165, 1.54) is 6.42 Å². The molecule has 1 aliphatic heterocycles. The molecule has 17 heavy (non-hydrogen) atoms. The van der Waals surface area contributed by atoms with Crippen molar-refractivity contribution in [1.29, 1.82) is 0 Å². The van der Waals surface area contributed by atoms with E-state index in [0.717, 1.165) is 25.1 Å². The van der Waals surface area contributed by atoms with Crippen LogP contribution in [0.2, 0.25) is 5.02 Å². The fourth-order valence-corrected chi connectivity index (χ4v) is 2.35. The maximum Gasteiger partial charge on any atom is 0.322 e. The Kier molecular flexibility index (Phi) is 3.89. The minimum Gasteiger partial charge on any atom is -0.322 e. The zero-order valence-electron chi connectivity index (χ0n) is 9.95. The molecule has 2 rings (SSSR count). The van der Waals surface area contributed by atoms with Gasteiger partial charge in [-0.05, 0) is 44.4 Å². The Morgan fingerprint density at radius 2 is 2.29 bits per heavy atom. The Balaban J connectivity index is 2.01. The van der Waals surface area contributed by atoms with Crippen molar-refractivity contribution in [3.8, 4) is 0 Å². The lowest BCUT2D eigenvalue weighted by Crippen LogP contribution is -2.44. The van der Waals surface area contributed by atoms with Crippen LogP contribution >= 0.6 is 11.6 Å². The Hall–Kier alpha value is -1.22. The third kappa shape index (κ3) is 3.13. The average Bonchev–Trinajstić information content (AvgIpc) is 2.29. The van der Waals surface area contributed by atoms with Crippen LogP contribution in [-0.2, 0) is 0 Å². The molecule has 0 radical (unpaired) electrons. The van der Waals surface area contributed by atoms with Gasteiger partial charge >= 0.3 is 6.03 Å². The molecular formula is C13H17ClN2O. The van der Waals surface area contributed by atoms with Crippen LogP contribution in [0.3, 0.4) is 0 Å². The number of amides is 2. The van der Waals surface area contributed by atoms with Gasteiger partial charge in [0.1, 0.15) is 0 Å². The van der Waals surface area contributed by atoms with Crippen molar-refractivity contribution in [2.75, 3.05) is 11.9 Å². The number of halogens is 1. The number of carbonyl (C=O) groups is 1. The third-order valence-corrected chi connectivity index (χ3v) is 3.37. The van der Waals surface area contributed by atoms with Crippen molar-refractivity contribution in [3.63, 3.8) is 0 Å². The average molecular weight is 253 g/mol. The van der Waals surface area contributed by atoms with E-state index in [1.807, 2.05) is 17.0 Å². The second kappa shape index (κ2) is 5.41.